The number of aliphatic hydroxyl groups is 2. The van der Waals surface area contributed by atoms with E-state index in [1.54, 1.807) is 0 Å². The van der Waals surface area contributed by atoms with E-state index in [0.717, 1.165) is 16.7 Å². The van der Waals surface area contributed by atoms with Gasteiger partial charge in [0.05, 0.1) is 13.2 Å². The fourth-order valence-corrected chi connectivity index (χ4v) is 1.46. The molecule has 0 radical (unpaired) electrons. The number of rotatable bonds is 3. The van der Waals surface area contributed by atoms with Crippen molar-refractivity contribution in [2.75, 3.05) is 0 Å². The van der Waals surface area contributed by atoms with Crippen molar-refractivity contribution in [1.82, 2.24) is 0 Å². The lowest BCUT2D eigenvalue weighted by molar-refractivity contribution is 0.274. The van der Waals surface area contributed by atoms with Crippen molar-refractivity contribution in [2.24, 2.45) is 0 Å². The molecule has 0 bridgehead atoms. The molecule has 13 heavy (non-hydrogen) atoms. The largest absolute Gasteiger partial charge is 0.392 e. The van der Waals surface area contributed by atoms with Crippen molar-refractivity contribution in [2.45, 2.75) is 33.0 Å². The van der Waals surface area contributed by atoms with Crippen LogP contribution in [-0.4, -0.2) is 10.2 Å². The van der Waals surface area contributed by atoms with Gasteiger partial charge in [-0.2, -0.15) is 0 Å². The quantitative estimate of drug-likeness (QED) is 0.744. The lowest BCUT2D eigenvalue weighted by Gasteiger charge is -2.11. The van der Waals surface area contributed by atoms with E-state index >= 15 is 0 Å². The van der Waals surface area contributed by atoms with Crippen LogP contribution >= 0.6 is 0 Å². The molecule has 1 aromatic carbocycles. The van der Waals surface area contributed by atoms with Gasteiger partial charge in [-0.05, 0) is 22.6 Å². The summed E-state index contributed by atoms with van der Waals surface area (Å²) in [6.45, 7) is 4.26. The van der Waals surface area contributed by atoms with Crippen LogP contribution in [0.25, 0.3) is 0 Å². The predicted octanol–water partition coefficient (Wildman–Crippen LogP) is 1.79. The number of benzene rings is 1. The first-order valence-electron chi connectivity index (χ1n) is 4.52. The molecule has 0 aliphatic rings. The van der Waals surface area contributed by atoms with Gasteiger partial charge in [0.15, 0.2) is 0 Å². The van der Waals surface area contributed by atoms with E-state index in [1.165, 1.54) is 0 Å². The molecule has 0 aliphatic heterocycles. The summed E-state index contributed by atoms with van der Waals surface area (Å²) in [5.41, 5.74) is 2.93. The fraction of sp³-hybridized carbons (Fsp3) is 0.455. The van der Waals surface area contributed by atoms with Crippen molar-refractivity contribution in [3.8, 4) is 0 Å². The number of aliphatic hydroxyl groups excluding tert-OH is 2. The van der Waals surface area contributed by atoms with E-state index in [0.29, 0.717) is 5.92 Å². The summed E-state index contributed by atoms with van der Waals surface area (Å²) >= 11 is 0. The molecule has 72 valence electrons. The van der Waals surface area contributed by atoms with E-state index in [4.69, 9.17) is 10.2 Å². The Hall–Kier alpha value is -0.860. The second kappa shape index (κ2) is 4.40. The van der Waals surface area contributed by atoms with Gasteiger partial charge in [-0.3, -0.25) is 0 Å². The third-order valence-corrected chi connectivity index (χ3v) is 2.18. The Balaban J connectivity index is 3.08. The Morgan fingerprint density at radius 3 is 2.31 bits per heavy atom. The second-order valence-corrected chi connectivity index (χ2v) is 3.50. The van der Waals surface area contributed by atoms with Gasteiger partial charge < -0.3 is 10.2 Å². The molecule has 0 spiro atoms. The Labute approximate surface area is 78.8 Å². The summed E-state index contributed by atoms with van der Waals surface area (Å²) in [6.07, 6.45) is 0. The monoisotopic (exact) mass is 180 g/mol. The third-order valence-electron chi connectivity index (χ3n) is 2.18. The van der Waals surface area contributed by atoms with Gasteiger partial charge in [0.2, 0.25) is 0 Å². The van der Waals surface area contributed by atoms with Gasteiger partial charge in [-0.1, -0.05) is 32.0 Å². The predicted molar refractivity (Wildman–Crippen MR) is 52.4 cm³/mol. The highest BCUT2D eigenvalue weighted by molar-refractivity contribution is 5.33. The summed E-state index contributed by atoms with van der Waals surface area (Å²) < 4.78 is 0. The average Bonchev–Trinajstić information content (AvgIpc) is 2.16. The molecule has 0 aliphatic carbocycles. The molecule has 0 unspecified atom stereocenters. The SMILES string of the molecule is CC(C)c1ccc(CO)cc1CO. The van der Waals surface area contributed by atoms with Crippen LogP contribution in [0.4, 0.5) is 0 Å². The number of hydrogen-bond acceptors (Lipinski definition) is 2. The van der Waals surface area contributed by atoms with Crippen molar-refractivity contribution in [3.63, 3.8) is 0 Å². The molecule has 0 amide bonds. The summed E-state index contributed by atoms with van der Waals surface area (Å²) in [6, 6.07) is 5.73. The smallest absolute Gasteiger partial charge is 0.0684 e. The molecular weight excluding hydrogens is 164 g/mol. The molecule has 2 N–H and O–H groups in total. The molecule has 0 heterocycles. The lowest BCUT2D eigenvalue weighted by atomic mass is 9.96. The number of hydrogen-bond donors (Lipinski definition) is 2. The molecule has 0 aromatic heterocycles. The zero-order valence-electron chi connectivity index (χ0n) is 8.12. The minimum Gasteiger partial charge on any atom is -0.392 e. The van der Waals surface area contributed by atoms with E-state index in [9.17, 15) is 0 Å². The van der Waals surface area contributed by atoms with Crippen LogP contribution in [0, 0.1) is 0 Å². The summed E-state index contributed by atoms with van der Waals surface area (Å²) in [5, 5.41) is 18.0. The van der Waals surface area contributed by atoms with Crippen LogP contribution in [0.3, 0.4) is 0 Å². The van der Waals surface area contributed by atoms with Crippen LogP contribution in [0.15, 0.2) is 18.2 Å². The van der Waals surface area contributed by atoms with Crippen molar-refractivity contribution in [1.29, 1.82) is 0 Å². The fourth-order valence-electron chi connectivity index (χ4n) is 1.46. The van der Waals surface area contributed by atoms with Crippen LogP contribution in [0.1, 0.15) is 36.5 Å². The van der Waals surface area contributed by atoms with E-state index in [1.807, 2.05) is 18.2 Å². The van der Waals surface area contributed by atoms with Gasteiger partial charge in [0, 0.05) is 0 Å². The Kier molecular flexibility index (Phi) is 3.46. The topological polar surface area (TPSA) is 40.5 Å². The third kappa shape index (κ3) is 2.29. The molecule has 2 heteroatoms. The Morgan fingerprint density at radius 2 is 1.85 bits per heavy atom. The molecular formula is C11H16O2. The van der Waals surface area contributed by atoms with E-state index in [2.05, 4.69) is 13.8 Å². The zero-order valence-corrected chi connectivity index (χ0v) is 8.12. The Morgan fingerprint density at radius 1 is 1.15 bits per heavy atom. The summed E-state index contributed by atoms with van der Waals surface area (Å²) in [4.78, 5) is 0. The average molecular weight is 180 g/mol. The minimum absolute atomic E-state index is 0.0331. The molecule has 0 saturated carbocycles. The maximum atomic E-state index is 9.11. The van der Waals surface area contributed by atoms with Crippen LogP contribution in [0.2, 0.25) is 0 Å². The molecule has 2 nitrogen and oxygen atoms in total. The first-order valence-corrected chi connectivity index (χ1v) is 4.52. The lowest BCUT2D eigenvalue weighted by Crippen LogP contribution is -1.98. The van der Waals surface area contributed by atoms with Crippen LogP contribution < -0.4 is 0 Å². The highest BCUT2D eigenvalue weighted by Crippen LogP contribution is 2.20. The Bertz CT molecular complexity index is 279. The van der Waals surface area contributed by atoms with Crippen molar-refractivity contribution in [3.05, 3.63) is 34.9 Å². The normalized spacial score (nSPS) is 10.8. The van der Waals surface area contributed by atoms with Gasteiger partial charge >= 0.3 is 0 Å². The van der Waals surface area contributed by atoms with Crippen LogP contribution in [0.5, 0.6) is 0 Å². The highest BCUT2D eigenvalue weighted by Gasteiger charge is 2.05. The maximum absolute atomic E-state index is 9.11. The zero-order chi connectivity index (χ0) is 9.84. The van der Waals surface area contributed by atoms with E-state index in [-0.39, 0.29) is 13.2 Å². The van der Waals surface area contributed by atoms with Gasteiger partial charge in [0.1, 0.15) is 0 Å². The molecule has 0 saturated heterocycles. The van der Waals surface area contributed by atoms with Gasteiger partial charge in [-0.15, -0.1) is 0 Å². The molecule has 1 rings (SSSR count). The maximum Gasteiger partial charge on any atom is 0.0684 e. The minimum atomic E-state index is 0.0331. The first kappa shape index (κ1) is 10.2. The summed E-state index contributed by atoms with van der Waals surface area (Å²) in [7, 11) is 0. The highest BCUT2D eigenvalue weighted by atomic mass is 16.3. The van der Waals surface area contributed by atoms with E-state index < -0.39 is 0 Å². The standard InChI is InChI=1S/C11H16O2/c1-8(2)11-4-3-9(6-12)5-10(11)7-13/h3-5,8,12-13H,6-7H2,1-2H3. The molecule has 1 aromatic rings. The van der Waals surface area contributed by atoms with Crippen LogP contribution in [-0.2, 0) is 13.2 Å². The second-order valence-electron chi connectivity index (χ2n) is 3.50. The van der Waals surface area contributed by atoms with Gasteiger partial charge in [-0.25, -0.2) is 0 Å². The van der Waals surface area contributed by atoms with Crippen molar-refractivity contribution < 1.29 is 10.2 Å². The van der Waals surface area contributed by atoms with Crippen molar-refractivity contribution >= 4 is 0 Å². The first-order chi connectivity index (χ1) is 6.19. The summed E-state index contributed by atoms with van der Waals surface area (Å²) in [5.74, 6) is 0.412. The molecule has 0 fully saturated rings. The van der Waals surface area contributed by atoms with Gasteiger partial charge in [0.25, 0.3) is 0 Å². The molecule has 0 atom stereocenters.